The molecule has 0 radical (unpaired) electrons. The van der Waals surface area contributed by atoms with Crippen LogP contribution in [0, 0.1) is 24.6 Å². The number of nitrogens with zero attached hydrogens (tertiary/aromatic N) is 4. The second kappa shape index (κ2) is 12.7. The van der Waals surface area contributed by atoms with E-state index in [0.29, 0.717) is 36.1 Å². The molecule has 0 bridgehead atoms. The third kappa shape index (κ3) is 6.52. The summed E-state index contributed by atoms with van der Waals surface area (Å²) in [6, 6.07) is 5.74. The number of aryl methyl sites for hydroxylation is 1. The maximum absolute atomic E-state index is 15.4. The van der Waals surface area contributed by atoms with Crippen LogP contribution in [0.4, 0.5) is 8.78 Å². The topological polar surface area (TPSA) is 96.2 Å². The zero-order chi connectivity index (χ0) is 32.0. The number of rotatable bonds is 8. The number of nitrogens with one attached hydrogen (secondary N) is 1. The van der Waals surface area contributed by atoms with Gasteiger partial charge in [-0.15, -0.1) is 0 Å². The minimum Gasteiger partial charge on any atom is -0.377 e. The molecule has 9 nitrogen and oxygen atoms in total. The highest BCUT2D eigenvalue weighted by atomic mass is 32.2. The van der Waals surface area contributed by atoms with E-state index in [1.165, 1.54) is 12.1 Å². The van der Waals surface area contributed by atoms with E-state index in [1.807, 2.05) is 26.1 Å². The highest BCUT2D eigenvalue weighted by Crippen LogP contribution is 2.38. The summed E-state index contributed by atoms with van der Waals surface area (Å²) >= 11 is 0. The van der Waals surface area contributed by atoms with Crippen molar-refractivity contribution in [3.8, 4) is 11.1 Å². The fraction of sp³-hybridized carbons (Fsp3) is 0.576. The lowest BCUT2D eigenvalue weighted by molar-refractivity contribution is -0.0249. The van der Waals surface area contributed by atoms with Crippen LogP contribution >= 0.6 is 0 Å². The summed E-state index contributed by atoms with van der Waals surface area (Å²) in [6.07, 6.45) is 5.63. The van der Waals surface area contributed by atoms with Crippen LogP contribution in [0.5, 0.6) is 0 Å². The van der Waals surface area contributed by atoms with Gasteiger partial charge in [0.1, 0.15) is 17.2 Å². The van der Waals surface area contributed by atoms with Gasteiger partial charge in [-0.05, 0) is 88.6 Å². The highest BCUT2D eigenvalue weighted by Gasteiger charge is 2.35. The number of ether oxygens (including phenoxy) is 1. The van der Waals surface area contributed by atoms with Gasteiger partial charge in [0.2, 0.25) is 16.0 Å². The number of benzene rings is 1. The number of hydrogen-bond donors (Lipinski definition) is 1. The smallest absolute Gasteiger partial charge is 0.255 e. The zero-order valence-corrected chi connectivity index (χ0v) is 27.2. The van der Waals surface area contributed by atoms with E-state index >= 15 is 4.39 Å². The van der Waals surface area contributed by atoms with Crippen LogP contribution in [-0.2, 0) is 14.8 Å². The Labute approximate surface area is 264 Å². The molecule has 2 saturated heterocycles. The van der Waals surface area contributed by atoms with E-state index in [1.54, 1.807) is 29.2 Å². The number of fused-ring (bicyclic) bond motifs is 1. The molecule has 1 aliphatic carbocycles. The Kier molecular flexibility index (Phi) is 9.04. The maximum Gasteiger partial charge on any atom is 0.255 e. The molecule has 1 aromatic carbocycles. The molecule has 12 heteroatoms. The standard InChI is InChI=1S/C33H43F2N5O4S/c1-5-45(42,43)37-27-9-6-23(7-10-27)14-38-15-25(16-38)24-12-29(31-32(35)36-22(4)39(31)17-24)28-11-8-26(34)13-30(28)33(41)40-20(2)18-44-19-21(40)3/h8,11-13,17,20-21,23,25,27,37H,5-7,9-10,14-16,18-19H2,1-4H3/t20-,21-,23?,27?/m1/s1. The van der Waals surface area contributed by atoms with Gasteiger partial charge in [-0.2, -0.15) is 4.39 Å². The fourth-order valence-electron chi connectivity index (χ4n) is 7.33. The molecule has 0 spiro atoms. The van der Waals surface area contributed by atoms with Crippen molar-refractivity contribution in [1.82, 2.24) is 23.9 Å². The Balaban J connectivity index is 1.23. The molecule has 4 heterocycles. The van der Waals surface area contributed by atoms with Crippen LogP contribution in [0.3, 0.4) is 0 Å². The Morgan fingerprint density at radius 3 is 2.40 bits per heavy atom. The number of sulfonamides is 1. The maximum atomic E-state index is 15.4. The first-order valence-electron chi connectivity index (χ1n) is 16.0. The quantitative estimate of drug-likeness (QED) is 0.381. The van der Waals surface area contributed by atoms with E-state index in [0.717, 1.165) is 50.9 Å². The van der Waals surface area contributed by atoms with Crippen LogP contribution in [0.15, 0.2) is 30.5 Å². The van der Waals surface area contributed by atoms with E-state index in [-0.39, 0.29) is 46.8 Å². The van der Waals surface area contributed by atoms with Crippen LogP contribution < -0.4 is 4.72 Å². The largest absolute Gasteiger partial charge is 0.377 e. The summed E-state index contributed by atoms with van der Waals surface area (Å²) in [5.74, 6) is -0.121. The van der Waals surface area contributed by atoms with E-state index in [2.05, 4.69) is 14.6 Å². The molecule has 1 saturated carbocycles. The molecule has 0 unspecified atom stereocenters. The minimum absolute atomic E-state index is 0.0252. The molecular formula is C33H43F2N5O4S. The second-order valence-corrected chi connectivity index (χ2v) is 15.2. The molecule has 45 heavy (non-hydrogen) atoms. The molecule has 3 aromatic rings. The van der Waals surface area contributed by atoms with Gasteiger partial charge < -0.3 is 18.9 Å². The summed E-state index contributed by atoms with van der Waals surface area (Å²) in [7, 11) is -3.19. The minimum atomic E-state index is -3.19. The number of morpholine rings is 1. The second-order valence-electron chi connectivity index (χ2n) is 13.1. The van der Waals surface area contributed by atoms with Crippen LogP contribution in [-0.4, -0.2) is 90.2 Å². The Morgan fingerprint density at radius 2 is 1.73 bits per heavy atom. The van der Waals surface area contributed by atoms with Crippen LogP contribution in [0.25, 0.3) is 16.6 Å². The third-order valence-corrected chi connectivity index (χ3v) is 11.3. The first-order valence-corrected chi connectivity index (χ1v) is 17.7. The average Bonchev–Trinajstić information content (AvgIpc) is 3.27. The number of carbonyl (C=O) groups is 1. The van der Waals surface area contributed by atoms with Gasteiger partial charge in [-0.1, -0.05) is 6.07 Å². The summed E-state index contributed by atoms with van der Waals surface area (Å²) in [5, 5.41) is 0. The fourth-order valence-corrected chi connectivity index (χ4v) is 8.24. The number of halogens is 2. The van der Waals surface area contributed by atoms with Crippen molar-refractivity contribution in [2.75, 3.05) is 38.6 Å². The lowest BCUT2D eigenvalue weighted by atomic mass is 9.84. The number of aromatic nitrogens is 2. The summed E-state index contributed by atoms with van der Waals surface area (Å²) in [6.45, 7) is 10.7. The van der Waals surface area contributed by atoms with Crippen LogP contribution in [0.2, 0.25) is 0 Å². The van der Waals surface area contributed by atoms with Gasteiger partial charge >= 0.3 is 0 Å². The lowest BCUT2D eigenvalue weighted by Gasteiger charge is -2.43. The Bertz CT molecular complexity index is 1670. The average molecular weight is 644 g/mol. The number of pyridine rings is 1. The first-order chi connectivity index (χ1) is 21.4. The number of amides is 1. The summed E-state index contributed by atoms with van der Waals surface area (Å²) < 4.78 is 64.1. The molecule has 6 rings (SSSR count). The molecule has 1 amide bonds. The number of likely N-dealkylation sites (tertiary alicyclic amines) is 1. The van der Waals surface area contributed by atoms with Crippen molar-refractivity contribution in [2.24, 2.45) is 5.92 Å². The number of carbonyl (C=O) groups excluding carboxylic acids is 1. The molecule has 2 aliphatic heterocycles. The molecule has 244 valence electrons. The van der Waals surface area contributed by atoms with E-state index < -0.39 is 21.8 Å². The number of imidazole rings is 1. The van der Waals surface area contributed by atoms with Crippen molar-refractivity contribution in [2.45, 2.75) is 77.4 Å². The van der Waals surface area contributed by atoms with Crippen molar-refractivity contribution >= 4 is 21.4 Å². The van der Waals surface area contributed by atoms with Gasteiger partial charge in [0.25, 0.3) is 5.91 Å². The van der Waals surface area contributed by atoms with Gasteiger partial charge in [-0.25, -0.2) is 22.5 Å². The molecule has 2 aromatic heterocycles. The monoisotopic (exact) mass is 643 g/mol. The SMILES string of the molecule is CCS(=O)(=O)NC1CCC(CN2CC(c3cc(-c4ccc(F)cc4C(=O)N4[C@H](C)COC[C@H]4C)c4c(F)nc(C)n4c3)C2)CC1. The molecule has 2 atom stereocenters. The van der Waals surface area contributed by atoms with Gasteiger partial charge in [0.05, 0.1) is 36.6 Å². The van der Waals surface area contributed by atoms with E-state index in [9.17, 15) is 17.6 Å². The Morgan fingerprint density at radius 1 is 1.04 bits per heavy atom. The molecular weight excluding hydrogens is 600 g/mol. The molecule has 1 N–H and O–H groups in total. The number of hydrogen-bond acceptors (Lipinski definition) is 6. The summed E-state index contributed by atoms with van der Waals surface area (Å²) in [5.41, 5.74) is 2.48. The predicted octanol–water partition coefficient (Wildman–Crippen LogP) is 4.73. The van der Waals surface area contributed by atoms with Crippen molar-refractivity contribution in [3.63, 3.8) is 0 Å². The molecule has 3 fully saturated rings. The predicted molar refractivity (Wildman–Crippen MR) is 169 cm³/mol. The van der Waals surface area contributed by atoms with Gasteiger partial charge in [0, 0.05) is 43.4 Å². The van der Waals surface area contributed by atoms with Crippen molar-refractivity contribution in [1.29, 1.82) is 0 Å². The van der Waals surface area contributed by atoms with Crippen molar-refractivity contribution < 1.29 is 26.7 Å². The van der Waals surface area contributed by atoms with Crippen LogP contribution in [0.1, 0.15) is 74.1 Å². The lowest BCUT2D eigenvalue weighted by Crippen LogP contribution is -2.52. The molecule has 3 aliphatic rings. The van der Waals surface area contributed by atoms with Gasteiger partial charge in [-0.3, -0.25) is 4.79 Å². The highest BCUT2D eigenvalue weighted by molar-refractivity contribution is 7.89. The third-order valence-electron chi connectivity index (χ3n) is 9.81. The normalized spacial score (nSPS) is 25.1. The van der Waals surface area contributed by atoms with Gasteiger partial charge in [0.15, 0.2) is 0 Å². The van der Waals surface area contributed by atoms with Crippen molar-refractivity contribution in [3.05, 3.63) is 59.2 Å². The summed E-state index contributed by atoms with van der Waals surface area (Å²) in [4.78, 5) is 22.2. The first kappa shape index (κ1) is 32.0. The van der Waals surface area contributed by atoms with E-state index in [4.69, 9.17) is 4.74 Å². The Hall–Kier alpha value is -2.93. The zero-order valence-electron chi connectivity index (χ0n) is 26.4.